The summed E-state index contributed by atoms with van der Waals surface area (Å²) in [6, 6.07) is 11.5. The van der Waals surface area contributed by atoms with Crippen LogP contribution in [0.2, 0.25) is 0 Å². The zero-order valence-corrected chi connectivity index (χ0v) is 54.2. The molecule has 0 spiro atoms. The fourth-order valence-electron chi connectivity index (χ4n) is 12.0. The van der Waals surface area contributed by atoms with Crippen molar-refractivity contribution >= 4 is 114 Å². The number of amides is 10. The van der Waals surface area contributed by atoms with Crippen LogP contribution in [-0.2, 0) is 0 Å². The topological polar surface area (TPSA) is 588 Å². The molecule has 16 aromatic rings. The predicted molar refractivity (Wildman–Crippen MR) is 372 cm³/mol. The number of hydrogen-bond acceptors (Lipinski definition) is 25. The van der Waals surface area contributed by atoms with Gasteiger partial charge in [-0.3, -0.25) is 50.6 Å². The average Bonchev–Trinajstić information content (AvgIpc) is 1.51. The standard InChI is InChI=1S/C60H45N35O10/c1-61-56(101)76-51-66-26(11-41(96)71-51)31-16-91(86-81-31)36-6-22-38(93-18-33(83-88-93)28-13-43(98)73-53(68-28)78-58(103)63-3)8-24-40(95-20-35(85-90-95)30-15-45(100)75-55(70-30)80-60(105)65-5)10-25-39(94-19-34(84-89-94)29-14-44(99)74-54(69-29)79-59(104)64-4)9-23-37(7-21(36)46-47(22)49(24)50(25)48(23)46)92-17-32(82-87-92)27-12-42(97)72-52(67-27)77-57(102)62-2/h6-20H,1-5H3,(H3,61,66,71,76,96,101)(H3,62,67,72,77,97,102)(H3,63,68,73,78,98,103)(H3,64,69,74,79,99,104)(H3,65,70,75,80,100,105). The Labute approximate surface area is 577 Å². The van der Waals surface area contributed by atoms with E-state index in [-0.39, 0.29) is 86.7 Å². The number of carbonyl (C=O) groups is 5. The van der Waals surface area contributed by atoms with Crippen LogP contribution in [0, 0.1) is 0 Å². The molecule has 520 valence electrons. The second kappa shape index (κ2) is 24.7. The minimum Gasteiger partial charge on any atom is -0.341 e. The molecular weight excluding hydrogens is 1370 g/mol. The number of aromatic nitrogens is 25. The van der Waals surface area contributed by atoms with Crippen molar-refractivity contribution in [3.63, 3.8) is 0 Å². The van der Waals surface area contributed by atoms with Crippen molar-refractivity contribution in [2.24, 2.45) is 0 Å². The Morgan fingerprint density at radius 2 is 0.448 bits per heavy atom. The monoisotopic (exact) mass is 1420 g/mol. The third-order valence-electron chi connectivity index (χ3n) is 16.5. The smallest absolute Gasteiger partial charge is 0.321 e. The molecule has 6 aromatic carbocycles. The summed E-state index contributed by atoms with van der Waals surface area (Å²) in [4.78, 5) is 163. The van der Waals surface area contributed by atoms with Crippen molar-refractivity contribution in [1.82, 2.24) is 151 Å². The van der Waals surface area contributed by atoms with Crippen LogP contribution < -0.4 is 81.0 Å². The van der Waals surface area contributed by atoms with Gasteiger partial charge < -0.3 is 51.5 Å². The quantitative estimate of drug-likeness (QED) is 0.0641. The molecule has 0 atom stereocenters. The van der Waals surface area contributed by atoms with Gasteiger partial charge in [-0.1, -0.05) is 26.1 Å². The number of H-pyrrole nitrogens is 5. The van der Waals surface area contributed by atoms with E-state index in [0.717, 1.165) is 30.3 Å². The summed E-state index contributed by atoms with van der Waals surface area (Å²) in [5.74, 6) is -1.04. The summed E-state index contributed by atoms with van der Waals surface area (Å²) in [7, 11) is 6.90. The lowest BCUT2D eigenvalue weighted by molar-refractivity contribution is 0.253. The van der Waals surface area contributed by atoms with Gasteiger partial charge in [0, 0.05) is 119 Å². The number of carbonyl (C=O) groups excluding carboxylic acids is 5. The van der Waals surface area contributed by atoms with Crippen LogP contribution in [-0.4, -0.2) is 190 Å². The Morgan fingerprint density at radius 3 is 0.610 bits per heavy atom. The summed E-state index contributed by atoms with van der Waals surface area (Å²) in [6.45, 7) is 0. The van der Waals surface area contributed by atoms with E-state index < -0.39 is 58.0 Å². The first kappa shape index (κ1) is 63.6. The third kappa shape index (κ3) is 11.3. The van der Waals surface area contributed by atoms with Gasteiger partial charge in [0.2, 0.25) is 29.7 Å². The van der Waals surface area contributed by atoms with Crippen molar-refractivity contribution < 1.29 is 24.0 Å². The molecule has 16 rings (SSSR count). The second-order valence-electron chi connectivity index (χ2n) is 22.8. The van der Waals surface area contributed by atoms with Crippen LogP contribution in [0.4, 0.5) is 53.7 Å². The Bertz CT molecular complexity index is 5670. The number of hydrogen-bond donors (Lipinski definition) is 15. The molecule has 45 heteroatoms. The van der Waals surface area contributed by atoms with Gasteiger partial charge in [-0.25, -0.2) is 47.4 Å². The van der Waals surface area contributed by atoms with Gasteiger partial charge in [0.1, 0.15) is 28.5 Å². The number of nitrogens with one attached hydrogen (secondary N) is 15. The molecule has 0 aliphatic rings. The van der Waals surface area contributed by atoms with Crippen LogP contribution in [0.5, 0.6) is 0 Å². The van der Waals surface area contributed by atoms with Crippen molar-refractivity contribution in [2.75, 3.05) is 61.8 Å². The van der Waals surface area contributed by atoms with Crippen molar-refractivity contribution in [3.8, 4) is 85.4 Å². The molecule has 0 saturated heterocycles. The fraction of sp³-hybridized carbons (Fsp3) is 0.0833. The SMILES string of the molecule is CNC(=O)Nc1nc(=O)cc(-c2cn(-c3cc4c(-n5cc(-c6cc(=O)nc(NC(=O)NC)[nH]6)nn5)cc5c(-n6cc(-c7cc(=O)nc(NC(=O)NC)[nH]7)nn6)cc6c(-n7cc(-c8cc(=O)nc(NC(=O)NC)[nH]8)nn7)cc7c(-n8cc(-c9cc(=O)nc(NC(=O)NC)[nH]9)nn8)cc3c3c7c6c5c43)nn2)[nH]1. The van der Waals surface area contributed by atoms with Gasteiger partial charge >= 0.3 is 30.2 Å². The first-order valence-corrected chi connectivity index (χ1v) is 30.8. The van der Waals surface area contributed by atoms with Gasteiger partial charge in [-0.05, 0) is 30.3 Å². The first-order chi connectivity index (χ1) is 50.8. The van der Waals surface area contributed by atoms with E-state index in [1.54, 1.807) is 30.3 Å². The lowest BCUT2D eigenvalue weighted by atomic mass is 9.95. The maximum atomic E-state index is 13.2. The molecule has 0 aliphatic carbocycles. The number of nitrogens with zero attached hydrogens (tertiary/aromatic N) is 20. The normalized spacial score (nSPS) is 11.5. The van der Waals surface area contributed by atoms with Crippen LogP contribution in [0.15, 0.2) is 116 Å². The number of anilines is 5. The van der Waals surface area contributed by atoms with Gasteiger partial charge in [0.25, 0.3) is 27.8 Å². The molecule has 0 bridgehead atoms. The zero-order valence-electron chi connectivity index (χ0n) is 54.2. The molecule has 0 fully saturated rings. The Balaban J connectivity index is 1.01. The molecular formula is C60H45N35O10. The molecule has 105 heavy (non-hydrogen) atoms. The highest BCUT2D eigenvalue weighted by atomic mass is 16.2. The lowest BCUT2D eigenvalue weighted by Gasteiger charge is -2.16. The van der Waals surface area contributed by atoms with Gasteiger partial charge in [0.15, 0.2) is 0 Å². The molecule has 0 unspecified atom stereocenters. The zero-order chi connectivity index (χ0) is 72.8. The van der Waals surface area contributed by atoms with E-state index in [1.165, 1.54) is 89.6 Å². The van der Waals surface area contributed by atoms with E-state index in [0.29, 0.717) is 82.3 Å². The number of benzene rings is 5. The van der Waals surface area contributed by atoms with Gasteiger partial charge in [-0.15, -0.1) is 25.5 Å². The van der Waals surface area contributed by atoms with Gasteiger partial charge in [0.05, 0.1) is 87.9 Å². The van der Waals surface area contributed by atoms with E-state index in [9.17, 15) is 47.9 Å². The van der Waals surface area contributed by atoms with Crippen molar-refractivity contribution in [2.45, 2.75) is 0 Å². The maximum absolute atomic E-state index is 13.2. The Morgan fingerprint density at radius 1 is 0.276 bits per heavy atom. The van der Waals surface area contributed by atoms with E-state index in [4.69, 9.17) is 0 Å². The van der Waals surface area contributed by atoms with Crippen molar-refractivity contribution in [3.05, 3.63) is 143 Å². The van der Waals surface area contributed by atoms with Crippen LogP contribution >= 0.6 is 0 Å². The summed E-state index contributed by atoms with van der Waals surface area (Å²) in [6.07, 6.45) is 7.64. The predicted octanol–water partition coefficient (Wildman–Crippen LogP) is 1.18. The molecule has 10 aromatic heterocycles. The van der Waals surface area contributed by atoms with E-state index >= 15 is 0 Å². The molecule has 45 nitrogen and oxygen atoms in total. The third-order valence-corrected chi connectivity index (χ3v) is 16.5. The second-order valence-corrected chi connectivity index (χ2v) is 22.8. The van der Waals surface area contributed by atoms with Crippen molar-refractivity contribution in [1.29, 1.82) is 0 Å². The molecule has 0 aliphatic heterocycles. The number of urea groups is 5. The van der Waals surface area contributed by atoms with Gasteiger partial charge in [-0.2, -0.15) is 24.9 Å². The Kier molecular flexibility index (Phi) is 14.9. The highest BCUT2D eigenvalue weighted by molar-refractivity contribution is 6.47. The molecule has 10 heterocycles. The summed E-state index contributed by atoms with van der Waals surface area (Å²) in [5, 5.41) is 75.4. The lowest BCUT2D eigenvalue weighted by Crippen LogP contribution is -2.27. The maximum Gasteiger partial charge on any atom is 0.321 e. The summed E-state index contributed by atoms with van der Waals surface area (Å²) < 4.78 is 7.27. The minimum absolute atomic E-state index is 0.0980. The highest BCUT2D eigenvalue weighted by Gasteiger charge is 2.32. The highest BCUT2D eigenvalue weighted by Crippen LogP contribution is 2.54. The minimum atomic E-state index is -0.738. The Hall–Kier alpha value is -16.2. The molecule has 0 radical (unpaired) electrons. The summed E-state index contributed by atoms with van der Waals surface area (Å²) >= 11 is 0. The fourth-order valence-corrected chi connectivity index (χ4v) is 12.0. The molecule has 15 N–H and O–H groups in total. The largest absolute Gasteiger partial charge is 0.341 e. The summed E-state index contributed by atoms with van der Waals surface area (Å²) in [5.41, 5.74) is -1.04. The van der Waals surface area contributed by atoms with E-state index in [1.807, 2.05) is 0 Å². The molecule has 10 amide bonds. The van der Waals surface area contributed by atoms with Crippen LogP contribution in [0.25, 0.3) is 139 Å². The van der Waals surface area contributed by atoms with E-state index in [2.05, 4.69) is 155 Å². The molecule has 0 saturated carbocycles. The van der Waals surface area contributed by atoms with Crippen LogP contribution in [0.1, 0.15) is 0 Å². The van der Waals surface area contributed by atoms with Crippen LogP contribution in [0.3, 0.4) is 0 Å². The number of rotatable bonds is 15. The first-order valence-electron chi connectivity index (χ1n) is 30.8. The number of aromatic amines is 5. The average molecular weight is 1420 g/mol.